The molecule has 0 unspecified atom stereocenters. The van der Waals surface area contributed by atoms with Crippen molar-refractivity contribution in [1.29, 1.82) is 0 Å². The first kappa shape index (κ1) is 22.3. The van der Waals surface area contributed by atoms with Crippen molar-refractivity contribution >= 4 is 27.6 Å². The molecule has 0 amide bonds. The maximum atomic E-state index is 12.3. The second-order valence-corrected chi connectivity index (χ2v) is 11.7. The molecule has 5 N–H and O–H groups in total. The van der Waals surface area contributed by atoms with E-state index in [9.17, 15) is 18.3 Å². The minimum Gasteiger partial charge on any atom is -0.493 e. The van der Waals surface area contributed by atoms with Crippen LogP contribution in [0.15, 0.2) is 22.1 Å². The highest BCUT2D eigenvalue weighted by Gasteiger charge is 2.37. The van der Waals surface area contributed by atoms with Crippen LogP contribution in [0.2, 0.25) is 0 Å². The number of aromatic amines is 2. The Balaban J connectivity index is 1.26. The van der Waals surface area contributed by atoms with Gasteiger partial charge < -0.3 is 15.4 Å². The Morgan fingerprint density at radius 2 is 1.83 bits per heavy atom. The fourth-order valence-corrected chi connectivity index (χ4v) is 6.19. The van der Waals surface area contributed by atoms with Crippen LogP contribution in [0.25, 0.3) is 11.7 Å². The average Bonchev–Trinajstić information content (AvgIpc) is 3.73. The molecule has 186 valence electrons. The molecule has 0 bridgehead atoms. The predicted octanol–water partition coefficient (Wildman–Crippen LogP) is -0.133. The zero-order valence-corrected chi connectivity index (χ0v) is 19.9. The Hall–Kier alpha value is -3.19. The largest absolute Gasteiger partial charge is 0.493 e. The summed E-state index contributed by atoms with van der Waals surface area (Å²) in [6, 6.07) is 2.33. The van der Waals surface area contributed by atoms with Crippen LogP contribution in [0.1, 0.15) is 57.1 Å². The molecular weight excluding hydrogens is 472 g/mol. The fourth-order valence-electron chi connectivity index (χ4n) is 4.54. The molecule has 0 saturated heterocycles. The van der Waals surface area contributed by atoms with Crippen molar-refractivity contribution in [2.45, 2.75) is 74.7 Å². The zero-order valence-electron chi connectivity index (χ0n) is 19.1. The van der Waals surface area contributed by atoms with Crippen molar-refractivity contribution in [2.75, 3.05) is 5.32 Å². The van der Waals surface area contributed by atoms with Gasteiger partial charge in [0.2, 0.25) is 15.9 Å². The van der Waals surface area contributed by atoms with Crippen LogP contribution in [0.4, 0.5) is 5.82 Å². The Morgan fingerprint density at radius 1 is 1.09 bits per heavy atom. The molecule has 6 rings (SSSR count). The number of hydrogen-bond donors (Lipinski definition) is 5. The van der Waals surface area contributed by atoms with Gasteiger partial charge in [0, 0.05) is 23.4 Å². The highest BCUT2D eigenvalue weighted by Crippen LogP contribution is 2.29. The first-order valence-corrected chi connectivity index (χ1v) is 13.6. The van der Waals surface area contributed by atoms with Gasteiger partial charge in [0.25, 0.3) is 0 Å². The number of nitrogens with one attached hydrogen (secondary N) is 4. The number of H-pyrrole nitrogens is 2. The van der Waals surface area contributed by atoms with Crippen molar-refractivity contribution in [3.63, 3.8) is 0 Å². The fraction of sp³-hybridized carbons (Fsp3) is 0.545. The summed E-state index contributed by atoms with van der Waals surface area (Å²) in [6.07, 6.45) is 10.1. The van der Waals surface area contributed by atoms with E-state index in [2.05, 4.69) is 25.1 Å². The average molecular weight is 501 g/mol. The standard InChI is InChI=1S/C22H28N8O4S/c31-21-17(26-22(32)28-21)9-12-11-23-30-19(25-14-1-2-14)10-18(27-20(12)30)24-13-3-5-15(6-4-13)29-35(33,34)16-7-8-16/h9-11,13-16,24,29,31H,1-8H2,(H2,26,28,32)/b12-9+,25-19?. The second-order valence-electron chi connectivity index (χ2n) is 9.74. The van der Waals surface area contributed by atoms with E-state index >= 15 is 0 Å². The molecule has 0 aromatic carbocycles. The lowest BCUT2D eigenvalue weighted by Gasteiger charge is -2.29. The first-order chi connectivity index (χ1) is 16.8. The van der Waals surface area contributed by atoms with Crippen LogP contribution >= 0.6 is 0 Å². The summed E-state index contributed by atoms with van der Waals surface area (Å²) in [5.74, 6) is 0.418. The molecule has 3 aromatic heterocycles. The summed E-state index contributed by atoms with van der Waals surface area (Å²) >= 11 is 0. The predicted molar refractivity (Wildman–Crippen MR) is 128 cm³/mol. The molecule has 3 aliphatic carbocycles. The van der Waals surface area contributed by atoms with Crippen molar-refractivity contribution in [3.8, 4) is 5.88 Å². The van der Waals surface area contributed by atoms with Crippen molar-refractivity contribution in [2.24, 2.45) is 4.99 Å². The highest BCUT2D eigenvalue weighted by molar-refractivity contribution is 7.90. The molecule has 12 nitrogen and oxygen atoms in total. The van der Waals surface area contributed by atoms with Crippen LogP contribution in [0, 0.1) is 0 Å². The van der Waals surface area contributed by atoms with Gasteiger partial charge in [0.15, 0.2) is 11.1 Å². The van der Waals surface area contributed by atoms with Gasteiger partial charge >= 0.3 is 5.69 Å². The summed E-state index contributed by atoms with van der Waals surface area (Å²) in [5, 5.41) is 18.3. The van der Waals surface area contributed by atoms with Crippen LogP contribution in [-0.2, 0) is 10.0 Å². The van der Waals surface area contributed by atoms with E-state index in [1.807, 2.05) is 6.07 Å². The van der Waals surface area contributed by atoms with Gasteiger partial charge in [0.05, 0.1) is 17.5 Å². The van der Waals surface area contributed by atoms with Crippen molar-refractivity contribution < 1.29 is 13.5 Å². The highest BCUT2D eigenvalue weighted by atomic mass is 32.2. The van der Waals surface area contributed by atoms with Crippen LogP contribution in [-0.4, -0.2) is 61.5 Å². The maximum Gasteiger partial charge on any atom is 0.326 e. The number of imidazole rings is 1. The first-order valence-electron chi connectivity index (χ1n) is 12.1. The quantitative estimate of drug-likeness (QED) is 0.301. The van der Waals surface area contributed by atoms with Gasteiger partial charge in [-0.3, -0.25) is 9.98 Å². The summed E-state index contributed by atoms with van der Waals surface area (Å²) in [6.45, 7) is 0. The molecule has 0 atom stereocenters. The molecule has 3 aromatic rings. The lowest BCUT2D eigenvalue weighted by atomic mass is 9.92. The molecule has 0 spiro atoms. The van der Waals surface area contributed by atoms with Gasteiger partial charge in [-0.2, -0.15) is 9.61 Å². The van der Waals surface area contributed by atoms with Gasteiger partial charge in [0.1, 0.15) is 11.5 Å². The maximum absolute atomic E-state index is 12.3. The molecule has 35 heavy (non-hydrogen) atoms. The third-order valence-corrected chi connectivity index (χ3v) is 8.76. The molecule has 3 fully saturated rings. The van der Waals surface area contributed by atoms with Gasteiger partial charge in [-0.15, -0.1) is 0 Å². The van der Waals surface area contributed by atoms with Gasteiger partial charge in [-0.05, 0) is 57.4 Å². The third kappa shape index (κ3) is 4.82. The number of aromatic nitrogens is 5. The zero-order chi connectivity index (χ0) is 24.2. The lowest BCUT2D eigenvalue weighted by Crippen LogP contribution is -2.41. The van der Waals surface area contributed by atoms with Crippen LogP contribution in [0.3, 0.4) is 0 Å². The van der Waals surface area contributed by atoms with E-state index < -0.39 is 15.7 Å². The number of hydrogen-bond acceptors (Lipinski definition) is 8. The van der Waals surface area contributed by atoms with E-state index in [0.29, 0.717) is 22.2 Å². The smallest absolute Gasteiger partial charge is 0.326 e. The van der Waals surface area contributed by atoms with E-state index in [1.165, 1.54) is 0 Å². The van der Waals surface area contributed by atoms with Gasteiger partial charge in [-0.25, -0.2) is 22.9 Å². The summed E-state index contributed by atoms with van der Waals surface area (Å²) < 4.78 is 29.1. The molecule has 3 heterocycles. The number of aromatic hydroxyl groups is 1. The molecule has 0 aliphatic heterocycles. The van der Waals surface area contributed by atoms with E-state index in [0.717, 1.165) is 51.4 Å². The number of nitrogens with zero attached hydrogens (tertiary/aromatic N) is 4. The van der Waals surface area contributed by atoms with Gasteiger partial charge in [-0.1, -0.05) is 0 Å². The monoisotopic (exact) mass is 500 g/mol. The van der Waals surface area contributed by atoms with Crippen LogP contribution in [0.5, 0.6) is 5.88 Å². The van der Waals surface area contributed by atoms with E-state index in [4.69, 9.17) is 9.98 Å². The van der Waals surface area contributed by atoms with Crippen LogP contribution < -0.4 is 26.4 Å². The van der Waals surface area contributed by atoms with Crippen molar-refractivity contribution in [1.82, 2.24) is 29.3 Å². The molecule has 3 aliphatic rings. The molecular formula is C22H28N8O4S. The Kier molecular flexibility index (Phi) is 5.40. The third-order valence-electron chi connectivity index (χ3n) is 6.75. The number of rotatable bonds is 7. The molecule has 13 heteroatoms. The lowest BCUT2D eigenvalue weighted by molar-refractivity contribution is 0.386. The summed E-state index contributed by atoms with van der Waals surface area (Å²) in [7, 11) is -3.17. The van der Waals surface area contributed by atoms with E-state index in [-0.39, 0.29) is 34.9 Å². The minimum absolute atomic E-state index is 0.0123. The number of fused-ring (bicyclic) bond motifs is 1. The summed E-state index contributed by atoms with van der Waals surface area (Å²) in [4.78, 5) is 25.9. The Labute approximate surface area is 200 Å². The Morgan fingerprint density at radius 3 is 2.49 bits per heavy atom. The molecule has 0 radical (unpaired) electrons. The topological polar surface area (TPSA) is 170 Å². The summed E-state index contributed by atoms with van der Waals surface area (Å²) in [5.41, 5.74) is 0.997. The number of sulfonamides is 1. The number of anilines is 1. The SMILES string of the molecule is O=c1[nH]c(O)c(/C=c2\cnn3c(=NC4CC4)cc(NC4CCC(NS(=O)(=O)C5CC5)CC4)nc23)[nH]1. The Bertz CT molecular complexity index is 1540. The van der Waals surface area contributed by atoms with E-state index in [1.54, 1.807) is 16.8 Å². The molecule has 3 saturated carbocycles. The van der Waals surface area contributed by atoms with Crippen molar-refractivity contribution in [3.05, 3.63) is 39.1 Å². The normalized spacial score (nSPS) is 24.3. The second kappa shape index (κ2) is 8.48. The minimum atomic E-state index is -3.17.